The second-order valence-corrected chi connectivity index (χ2v) is 8.16. The number of benzene rings is 1. The number of hydrogen-bond acceptors (Lipinski definition) is 4. The van der Waals surface area contributed by atoms with E-state index in [1.807, 2.05) is 37.8 Å². The number of fused-ring (bicyclic) bond motifs is 2. The van der Waals surface area contributed by atoms with Crippen molar-refractivity contribution in [3.8, 4) is 11.4 Å². The molecule has 0 bridgehead atoms. The molecule has 4 heterocycles. The highest BCUT2D eigenvalue weighted by Crippen LogP contribution is 2.56. The molecule has 0 spiro atoms. The van der Waals surface area contributed by atoms with Crippen molar-refractivity contribution >= 4 is 16.6 Å². The molecule has 0 saturated heterocycles. The molecule has 2 atom stereocenters. The Bertz CT molecular complexity index is 1440. The Kier molecular flexibility index (Phi) is 3.45. The van der Waals surface area contributed by atoms with Crippen LogP contribution in [0.3, 0.4) is 0 Å². The highest BCUT2D eigenvalue weighted by molar-refractivity contribution is 5.84. The van der Waals surface area contributed by atoms with Crippen LogP contribution in [-0.4, -0.2) is 34.6 Å². The maximum absolute atomic E-state index is 13.7. The van der Waals surface area contributed by atoms with Crippen LogP contribution in [0.15, 0.2) is 36.5 Å². The van der Waals surface area contributed by atoms with Crippen LogP contribution in [0.2, 0.25) is 0 Å². The van der Waals surface area contributed by atoms with Gasteiger partial charge in [-0.05, 0) is 67.6 Å². The first-order valence-electron chi connectivity index (χ1n) is 10.00. The fourth-order valence-corrected chi connectivity index (χ4v) is 4.45. The van der Waals surface area contributed by atoms with Gasteiger partial charge >= 0.3 is 0 Å². The number of halogens is 1. The van der Waals surface area contributed by atoms with Gasteiger partial charge in [-0.3, -0.25) is 4.68 Å². The minimum atomic E-state index is -0.207. The summed E-state index contributed by atoms with van der Waals surface area (Å²) in [6, 6.07) is 9.04. The van der Waals surface area contributed by atoms with Crippen LogP contribution in [0.5, 0.6) is 0 Å². The van der Waals surface area contributed by atoms with Crippen LogP contribution in [0, 0.1) is 19.7 Å². The van der Waals surface area contributed by atoms with E-state index < -0.39 is 0 Å². The van der Waals surface area contributed by atoms with Crippen LogP contribution < -0.4 is 0 Å². The van der Waals surface area contributed by atoms with Gasteiger partial charge in [0.25, 0.3) is 0 Å². The second-order valence-electron chi connectivity index (χ2n) is 8.16. The fourth-order valence-electron chi connectivity index (χ4n) is 4.45. The monoisotopic (exact) mass is 401 g/mol. The van der Waals surface area contributed by atoms with Gasteiger partial charge < -0.3 is 4.98 Å². The Balaban J connectivity index is 1.36. The first kappa shape index (κ1) is 17.3. The van der Waals surface area contributed by atoms with Crippen molar-refractivity contribution in [3.05, 3.63) is 65.0 Å². The normalized spacial score (nSPS) is 18.5. The van der Waals surface area contributed by atoms with Gasteiger partial charge in [0.05, 0.1) is 11.4 Å². The van der Waals surface area contributed by atoms with Crippen molar-refractivity contribution in [2.24, 2.45) is 7.05 Å². The molecule has 30 heavy (non-hydrogen) atoms. The minimum absolute atomic E-state index is 0.207. The number of nitrogens with one attached hydrogen (secondary N) is 1. The van der Waals surface area contributed by atoms with Gasteiger partial charge in [0, 0.05) is 30.1 Å². The maximum atomic E-state index is 13.7. The van der Waals surface area contributed by atoms with Crippen molar-refractivity contribution in [1.82, 2.24) is 34.6 Å². The summed E-state index contributed by atoms with van der Waals surface area (Å²) in [5.74, 6) is 1.22. The van der Waals surface area contributed by atoms with Crippen molar-refractivity contribution in [3.63, 3.8) is 0 Å². The molecule has 1 aliphatic rings. The van der Waals surface area contributed by atoms with E-state index in [-0.39, 0.29) is 5.82 Å². The molecular weight excluding hydrogens is 381 g/mol. The minimum Gasteiger partial charge on any atom is -0.361 e. The molecule has 0 radical (unpaired) electrons. The van der Waals surface area contributed by atoms with Gasteiger partial charge in [0.15, 0.2) is 11.5 Å². The smallest absolute Gasteiger partial charge is 0.180 e. The third kappa shape index (κ3) is 2.49. The summed E-state index contributed by atoms with van der Waals surface area (Å²) in [5.41, 5.74) is 6.77. The Hall–Kier alpha value is -3.55. The molecular formula is C22H20FN7. The van der Waals surface area contributed by atoms with Crippen molar-refractivity contribution < 1.29 is 4.39 Å². The maximum Gasteiger partial charge on any atom is 0.180 e. The lowest BCUT2D eigenvalue weighted by Crippen LogP contribution is -2.02. The SMILES string of the molecule is Cc1cc(-c2cc(C3CC3c3c[nH]c4ccc(F)cc34)nn2C)nn2c(C)nnc12. The van der Waals surface area contributed by atoms with Gasteiger partial charge in [-0.25, -0.2) is 4.39 Å². The summed E-state index contributed by atoms with van der Waals surface area (Å²) in [7, 11) is 1.94. The van der Waals surface area contributed by atoms with E-state index in [4.69, 9.17) is 10.2 Å². The molecule has 1 N–H and O–H groups in total. The van der Waals surface area contributed by atoms with E-state index in [2.05, 4.69) is 21.2 Å². The largest absolute Gasteiger partial charge is 0.361 e. The van der Waals surface area contributed by atoms with Crippen LogP contribution in [0.4, 0.5) is 4.39 Å². The zero-order valence-corrected chi connectivity index (χ0v) is 16.9. The standard InChI is InChI=1S/C22H20FN7/c1-11-6-20(28-30-12(2)25-26-22(11)30)21-9-19(27-29(21)3)16-8-14(16)17-10-24-18-5-4-13(23)7-15(17)18/h4-7,9-10,14,16,24H,8H2,1-3H3. The lowest BCUT2D eigenvalue weighted by atomic mass is 10.1. The molecule has 5 aromatic rings. The lowest BCUT2D eigenvalue weighted by Gasteiger charge is -2.04. The Labute approximate surface area is 171 Å². The van der Waals surface area contributed by atoms with Crippen LogP contribution in [0.1, 0.15) is 40.9 Å². The molecule has 1 aromatic carbocycles. The number of H-pyrrole nitrogens is 1. The predicted molar refractivity (Wildman–Crippen MR) is 111 cm³/mol. The van der Waals surface area contributed by atoms with E-state index in [1.54, 1.807) is 16.6 Å². The number of aryl methyl sites for hydroxylation is 3. The van der Waals surface area contributed by atoms with Crippen molar-refractivity contribution in [1.29, 1.82) is 0 Å². The molecule has 150 valence electrons. The summed E-state index contributed by atoms with van der Waals surface area (Å²) < 4.78 is 17.4. The average molecular weight is 401 g/mol. The number of aromatic nitrogens is 7. The topological polar surface area (TPSA) is 76.7 Å². The van der Waals surface area contributed by atoms with Gasteiger partial charge in [-0.2, -0.15) is 14.7 Å². The molecule has 1 aliphatic carbocycles. The summed E-state index contributed by atoms with van der Waals surface area (Å²) in [6.45, 7) is 3.91. The molecule has 2 unspecified atom stereocenters. The summed E-state index contributed by atoms with van der Waals surface area (Å²) in [5, 5.41) is 18.8. The second kappa shape index (κ2) is 5.98. The number of rotatable bonds is 3. The first-order chi connectivity index (χ1) is 14.5. The van der Waals surface area contributed by atoms with Gasteiger partial charge in [0.2, 0.25) is 0 Å². The molecule has 6 rings (SSSR count). The predicted octanol–water partition coefficient (Wildman–Crippen LogP) is 4.03. The van der Waals surface area contributed by atoms with E-state index in [0.29, 0.717) is 11.8 Å². The lowest BCUT2D eigenvalue weighted by molar-refractivity contribution is 0.629. The number of hydrogen-bond donors (Lipinski definition) is 1. The van der Waals surface area contributed by atoms with Gasteiger partial charge in [-0.1, -0.05) is 0 Å². The van der Waals surface area contributed by atoms with Gasteiger partial charge in [-0.15, -0.1) is 10.2 Å². The molecule has 7 nitrogen and oxygen atoms in total. The molecule has 8 heteroatoms. The fraction of sp³-hybridized carbons (Fsp3) is 0.273. The number of aromatic amines is 1. The molecule has 0 amide bonds. The quantitative estimate of drug-likeness (QED) is 0.495. The Morgan fingerprint density at radius 3 is 2.80 bits per heavy atom. The van der Waals surface area contributed by atoms with Crippen LogP contribution in [0.25, 0.3) is 27.9 Å². The number of nitrogens with zero attached hydrogens (tertiary/aromatic N) is 6. The zero-order valence-electron chi connectivity index (χ0n) is 16.9. The van der Waals surface area contributed by atoms with Crippen LogP contribution in [-0.2, 0) is 7.05 Å². The third-order valence-corrected chi connectivity index (χ3v) is 6.12. The highest BCUT2D eigenvalue weighted by Gasteiger charge is 2.42. The van der Waals surface area contributed by atoms with Crippen LogP contribution >= 0.6 is 0 Å². The summed E-state index contributed by atoms with van der Waals surface area (Å²) >= 11 is 0. The molecule has 4 aromatic heterocycles. The van der Waals surface area contributed by atoms with E-state index in [0.717, 1.165) is 57.0 Å². The first-order valence-corrected chi connectivity index (χ1v) is 10.00. The third-order valence-electron chi connectivity index (χ3n) is 6.12. The van der Waals surface area contributed by atoms with Crippen molar-refractivity contribution in [2.45, 2.75) is 32.1 Å². The van der Waals surface area contributed by atoms with Crippen molar-refractivity contribution in [2.75, 3.05) is 0 Å². The van der Waals surface area contributed by atoms with E-state index in [9.17, 15) is 4.39 Å². The van der Waals surface area contributed by atoms with E-state index in [1.165, 1.54) is 6.07 Å². The van der Waals surface area contributed by atoms with E-state index >= 15 is 0 Å². The average Bonchev–Trinajstić information content (AvgIpc) is 3.03. The summed E-state index contributed by atoms with van der Waals surface area (Å²) in [4.78, 5) is 3.26. The molecule has 0 aliphatic heterocycles. The molecule has 1 fully saturated rings. The van der Waals surface area contributed by atoms with Gasteiger partial charge in [0.1, 0.15) is 11.5 Å². The Morgan fingerprint density at radius 2 is 1.93 bits per heavy atom. The summed E-state index contributed by atoms with van der Waals surface area (Å²) in [6.07, 6.45) is 3.02. The zero-order chi connectivity index (χ0) is 20.6. The highest BCUT2D eigenvalue weighted by atomic mass is 19.1. The molecule has 1 saturated carbocycles. The Morgan fingerprint density at radius 1 is 1.07 bits per heavy atom.